The lowest BCUT2D eigenvalue weighted by atomic mass is 10.1. The highest BCUT2D eigenvalue weighted by atomic mass is 32.1. The first-order chi connectivity index (χ1) is 12.7. The zero-order valence-electron chi connectivity index (χ0n) is 14.0. The Hall–Kier alpha value is -3.32. The number of rotatable bonds is 4. The maximum Gasteiger partial charge on any atom is 0.257 e. The summed E-state index contributed by atoms with van der Waals surface area (Å²) in [5.41, 5.74) is 2.32. The van der Waals surface area contributed by atoms with Gasteiger partial charge in [-0.2, -0.15) is 0 Å². The van der Waals surface area contributed by atoms with Crippen LogP contribution in [0.4, 0.5) is 5.13 Å². The van der Waals surface area contributed by atoms with E-state index in [2.05, 4.69) is 20.3 Å². The van der Waals surface area contributed by atoms with Crippen LogP contribution in [0.1, 0.15) is 10.4 Å². The molecular weight excluding hydrogens is 346 g/mol. The predicted octanol–water partition coefficient (Wildman–Crippen LogP) is 3.86. The van der Waals surface area contributed by atoms with E-state index in [1.807, 2.05) is 48.1 Å². The van der Waals surface area contributed by atoms with Gasteiger partial charge in [0.15, 0.2) is 11.0 Å². The normalized spacial score (nSPS) is 10.7. The molecule has 1 aromatic carbocycles. The highest BCUT2D eigenvalue weighted by Crippen LogP contribution is 2.38. The number of amides is 1. The summed E-state index contributed by atoms with van der Waals surface area (Å²) in [7, 11) is 1.94. The first-order valence-electron chi connectivity index (χ1n) is 7.97. The lowest BCUT2D eigenvalue weighted by Crippen LogP contribution is -2.11. The van der Waals surface area contributed by atoms with Gasteiger partial charge in [-0.3, -0.25) is 15.1 Å². The van der Waals surface area contributed by atoms with Gasteiger partial charge in [-0.1, -0.05) is 41.7 Å². The molecule has 0 radical (unpaired) electrons. The average Bonchev–Trinajstić information content (AvgIpc) is 3.29. The number of nitrogens with one attached hydrogen (secondary N) is 1. The number of carbonyl (C=O) groups is 1. The third-order valence-corrected chi connectivity index (χ3v) is 4.83. The lowest BCUT2D eigenvalue weighted by molar-refractivity contribution is 0.102. The van der Waals surface area contributed by atoms with E-state index >= 15 is 0 Å². The largest absolute Gasteiger partial charge is 0.333 e. The standard InChI is InChI=1S/C19H15N5OS/c1-24-12-11-21-17(24)16-15(13-5-3-2-4-6-13)22-19(26-16)23-18(25)14-7-9-20-10-8-14/h2-12H,1H3,(H,22,23,25). The van der Waals surface area contributed by atoms with Crippen LogP contribution in [0.15, 0.2) is 67.3 Å². The molecule has 0 saturated carbocycles. The van der Waals surface area contributed by atoms with Crippen LogP contribution in [0.5, 0.6) is 0 Å². The van der Waals surface area contributed by atoms with Crippen LogP contribution in [-0.2, 0) is 7.05 Å². The summed E-state index contributed by atoms with van der Waals surface area (Å²) in [6, 6.07) is 13.2. The molecule has 0 spiro atoms. The number of hydrogen-bond donors (Lipinski definition) is 1. The van der Waals surface area contributed by atoms with Crippen LogP contribution in [0.2, 0.25) is 0 Å². The Labute approximate surface area is 154 Å². The van der Waals surface area contributed by atoms with Crippen molar-refractivity contribution in [2.24, 2.45) is 7.05 Å². The van der Waals surface area contributed by atoms with Crippen molar-refractivity contribution in [3.8, 4) is 22.0 Å². The molecule has 128 valence electrons. The van der Waals surface area contributed by atoms with E-state index in [0.29, 0.717) is 10.7 Å². The third kappa shape index (κ3) is 3.12. The molecule has 0 unspecified atom stereocenters. The minimum Gasteiger partial charge on any atom is -0.333 e. The minimum absolute atomic E-state index is 0.216. The number of benzene rings is 1. The van der Waals surface area contributed by atoms with Gasteiger partial charge in [-0.15, -0.1) is 0 Å². The van der Waals surface area contributed by atoms with Gasteiger partial charge in [0.05, 0.1) is 10.6 Å². The predicted molar refractivity (Wildman–Crippen MR) is 102 cm³/mol. The van der Waals surface area contributed by atoms with E-state index in [-0.39, 0.29) is 5.91 Å². The molecule has 7 heteroatoms. The fourth-order valence-electron chi connectivity index (χ4n) is 2.57. The van der Waals surface area contributed by atoms with Gasteiger partial charge in [0.1, 0.15) is 0 Å². The van der Waals surface area contributed by atoms with Gasteiger partial charge < -0.3 is 4.57 Å². The maximum atomic E-state index is 12.4. The molecule has 0 aliphatic carbocycles. The van der Waals surface area contributed by atoms with Crippen LogP contribution >= 0.6 is 11.3 Å². The highest BCUT2D eigenvalue weighted by molar-refractivity contribution is 7.19. The zero-order chi connectivity index (χ0) is 17.9. The summed E-state index contributed by atoms with van der Waals surface area (Å²) < 4.78 is 1.94. The monoisotopic (exact) mass is 361 g/mol. The van der Waals surface area contributed by atoms with Gasteiger partial charge in [0.2, 0.25) is 0 Å². The van der Waals surface area contributed by atoms with Crippen molar-refractivity contribution in [2.75, 3.05) is 5.32 Å². The molecule has 0 fully saturated rings. The number of anilines is 1. The second-order valence-electron chi connectivity index (χ2n) is 5.61. The van der Waals surface area contributed by atoms with Gasteiger partial charge in [0.25, 0.3) is 5.91 Å². The van der Waals surface area contributed by atoms with Crippen LogP contribution in [0.25, 0.3) is 22.0 Å². The summed E-state index contributed by atoms with van der Waals surface area (Å²) in [6.45, 7) is 0. The lowest BCUT2D eigenvalue weighted by Gasteiger charge is -2.02. The number of nitrogens with zero attached hydrogens (tertiary/aromatic N) is 4. The molecular formula is C19H15N5OS. The molecule has 4 aromatic rings. The van der Waals surface area contributed by atoms with E-state index < -0.39 is 0 Å². The highest BCUT2D eigenvalue weighted by Gasteiger charge is 2.19. The second-order valence-corrected chi connectivity index (χ2v) is 6.61. The first kappa shape index (κ1) is 16.2. The number of pyridine rings is 1. The topological polar surface area (TPSA) is 72.7 Å². The van der Waals surface area contributed by atoms with Gasteiger partial charge >= 0.3 is 0 Å². The number of hydrogen-bond acceptors (Lipinski definition) is 5. The number of aromatic nitrogens is 4. The van der Waals surface area contributed by atoms with Gasteiger partial charge in [-0.05, 0) is 12.1 Å². The molecule has 1 amide bonds. The zero-order valence-corrected chi connectivity index (χ0v) is 14.8. The molecule has 0 saturated heterocycles. The van der Waals surface area contributed by atoms with Crippen molar-refractivity contribution < 1.29 is 4.79 Å². The molecule has 3 aromatic heterocycles. The Morgan fingerprint density at radius 3 is 2.54 bits per heavy atom. The Balaban J connectivity index is 1.74. The van der Waals surface area contributed by atoms with E-state index in [1.165, 1.54) is 11.3 Å². The summed E-state index contributed by atoms with van der Waals surface area (Å²) in [6.07, 6.45) is 6.81. The number of imidazole rings is 1. The summed E-state index contributed by atoms with van der Waals surface area (Å²) in [5.74, 6) is 0.595. The molecule has 1 N–H and O–H groups in total. The Kier molecular flexibility index (Phi) is 4.28. The maximum absolute atomic E-state index is 12.4. The van der Waals surface area contributed by atoms with Crippen molar-refractivity contribution in [1.82, 2.24) is 19.5 Å². The quantitative estimate of drug-likeness (QED) is 0.599. The molecule has 0 atom stereocenters. The van der Waals surface area contributed by atoms with Gasteiger partial charge in [0, 0.05) is 43.0 Å². The second kappa shape index (κ2) is 6.89. The van der Waals surface area contributed by atoms with Crippen molar-refractivity contribution >= 4 is 22.4 Å². The average molecular weight is 361 g/mol. The molecule has 26 heavy (non-hydrogen) atoms. The first-order valence-corrected chi connectivity index (χ1v) is 8.79. The number of carbonyl (C=O) groups excluding carboxylic acids is 1. The Morgan fingerprint density at radius 2 is 1.85 bits per heavy atom. The fraction of sp³-hybridized carbons (Fsp3) is 0.0526. The van der Waals surface area contributed by atoms with E-state index in [1.54, 1.807) is 30.7 Å². The number of aryl methyl sites for hydroxylation is 1. The molecule has 6 nitrogen and oxygen atoms in total. The van der Waals surface area contributed by atoms with Crippen LogP contribution in [0.3, 0.4) is 0 Å². The van der Waals surface area contributed by atoms with Crippen molar-refractivity contribution in [1.29, 1.82) is 0 Å². The third-order valence-electron chi connectivity index (χ3n) is 3.86. The van der Waals surface area contributed by atoms with Crippen LogP contribution in [0, 0.1) is 0 Å². The fourth-order valence-corrected chi connectivity index (χ4v) is 3.60. The molecule has 0 bridgehead atoms. The van der Waals surface area contributed by atoms with Crippen LogP contribution in [-0.4, -0.2) is 25.4 Å². The Morgan fingerprint density at radius 1 is 1.08 bits per heavy atom. The van der Waals surface area contributed by atoms with Crippen molar-refractivity contribution in [3.63, 3.8) is 0 Å². The molecule has 0 aliphatic rings. The van der Waals surface area contributed by atoms with Gasteiger partial charge in [-0.25, -0.2) is 9.97 Å². The Bertz CT molecular complexity index is 1040. The minimum atomic E-state index is -0.216. The van der Waals surface area contributed by atoms with Crippen molar-refractivity contribution in [3.05, 3.63) is 72.8 Å². The SMILES string of the molecule is Cn1ccnc1-c1sc(NC(=O)c2ccncc2)nc1-c1ccccc1. The van der Waals surface area contributed by atoms with E-state index in [0.717, 1.165) is 22.0 Å². The summed E-state index contributed by atoms with van der Waals surface area (Å²) >= 11 is 1.41. The van der Waals surface area contributed by atoms with E-state index in [9.17, 15) is 4.79 Å². The number of thiazole rings is 1. The molecule has 3 heterocycles. The van der Waals surface area contributed by atoms with E-state index in [4.69, 9.17) is 0 Å². The summed E-state index contributed by atoms with van der Waals surface area (Å²) in [5, 5.41) is 3.41. The summed E-state index contributed by atoms with van der Waals surface area (Å²) in [4.78, 5) is 26.4. The smallest absolute Gasteiger partial charge is 0.257 e. The molecule has 4 rings (SSSR count). The molecule has 0 aliphatic heterocycles. The van der Waals surface area contributed by atoms with Crippen molar-refractivity contribution in [2.45, 2.75) is 0 Å². The van der Waals surface area contributed by atoms with Crippen LogP contribution < -0.4 is 5.32 Å².